The van der Waals surface area contributed by atoms with E-state index in [0.29, 0.717) is 16.3 Å². The molecule has 0 aliphatic carbocycles. The van der Waals surface area contributed by atoms with Gasteiger partial charge >= 0.3 is 0 Å². The van der Waals surface area contributed by atoms with E-state index in [1.165, 1.54) is 4.68 Å². The van der Waals surface area contributed by atoms with Crippen molar-refractivity contribution in [1.82, 2.24) is 9.78 Å². The SMILES string of the molecule is Cc1cc(SC#N)cc(C)c1N=Cc1c(C)[nH]n(-c2ccc(Cl)cc2)c1=O. The van der Waals surface area contributed by atoms with Crippen LogP contribution in [0.1, 0.15) is 22.4 Å². The van der Waals surface area contributed by atoms with Crippen molar-refractivity contribution in [3.8, 4) is 11.1 Å². The fourth-order valence-electron chi connectivity index (χ4n) is 2.84. The third-order valence-electron chi connectivity index (χ3n) is 4.15. The number of thioether (sulfide) groups is 1. The van der Waals surface area contributed by atoms with Crippen molar-refractivity contribution < 1.29 is 0 Å². The molecule has 0 unspecified atom stereocenters. The Balaban J connectivity index is 1.99. The summed E-state index contributed by atoms with van der Waals surface area (Å²) in [5, 5.41) is 14.6. The monoisotopic (exact) mass is 396 g/mol. The van der Waals surface area contributed by atoms with Crippen molar-refractivity contribution >= 4 is 35.3 Å². The van der Waals surface area contributed by atoms with Crippen LogP contribution in [0, 0.1) is 31.4 Å². The van der Waals surface area contributed by atoms with Gasteiger partial charge < -0.3 is 0 Å². The molecule has 5 nitrogen and oxygen atoms in total. The molecule has 0 radical (unpaired) electrons. The molecule has 0 aliphatic heterocycles. The molecule has 2 aromatic carbocycles. The van der Waals surface area contributed by atoms with Gasteiger partial charge in [-0.25, -0.2) is 4.68 Å². The molecule has 1 N–H and O–H groups in total. The molecule has 0 aliphatic rings. The summed E-state index contributed by atoms with van der Waals surface area (Å²) in [6.45, 7) is 5.72. The Labute approximate surface area is 166 Å². The number of thiocyanates is 1. The van der Waals surface area contributed by atoms with Crippen LogP contribution in [-0.2, 0) is 0 Å². The topological polar surface area (TPSA) is 73.9 Å². The highest BCUT2D eigenvalue weighted by atomic mass is 35.5. The number of hydrogen-bond donors (Lipinski definition) is 1. The van der Waals surface area contributed by atoms with Crippen LogP contribution in [-0.4, -0.2) is 16.0 Å². The average molecular weight is 397 g/mol. The number of aromatic nitrogens is 2. The standard InChI is InChI=1S/C20H17ClN4OS/c1-12-8-17(27-11-22)9-13(2)19(12)23-10-18-14(3)24-25(20(18)26)16-6-4-15(21)5-7-16/h4-10,24H,1-3H3. The van der Waals surface area contributed by atoms with Crippen molar-refractivity contribution in [2.75, 3.05) is 0 Å². The normalized spacial score (nSPS) is 11.1. The second-order valence-electron chi connectivity index (χ2n) is 6.12. The van der Waals surface area contributed by atoms with E-state index in [1.807, 2.05) is 32.9 Å². The summed E-state index contributed by atoms with van der Waals surface area (Å²) in [5.41, 5.74) is 4.47. The second kappa shape index (κ2) is 7.87. The van der Waals surface area contributed by atoms with E-state index in [9.17, 15) is 4.79 Å². The van der Waals surface area contributed by atoms with E-state index in [2.05, 4.69) is 15.5 Å². The number of nitrogens with one attached hydrogen (secondary N) is 1. The Hall–Kier alpha value is -2.75. The maximum absolute atomic E-state index is 12.8. The lowest BCUT2D eigenvalue weighted by molar-refractivity contribution is 0.835. The molecule has 0 atom stereocenters. The van der Waals surface area contributed by atoms with Gasteiger partial charge in [0.05, 0.1) is 16.9 Å². The number of halogens is 1. The van der Waals surface area contributed by atoms with Crippen molar-refractivity contribution in [3.63, 3.8) is 0 Å². The highest BCUT2D eigenvalue weighted by Gasteiger charge is 2.11. The summed E-state index contributed by atoms with van der Waals surface area (Å²) in [4.78, 5) is 18.2. The number of nitrogens with zero attached hydrogens (tertiary/aromatic N) is 3. The second-order valence-corrected chi connectivity index (χ2v) is 7.42. The fourth-order valence-corrected chi connectivity index (χ4v) is 3.55. The molecule has 1 aromatic heterocycles. The van der Waals surface area contributed by atoms with Crippen molar-refractivity contribution in [3.05, 3.63) is 74.2 Å². The van der Waals surface area contributed by atoms with Crippen LogP contribution < -0.4 is 5.56 Å². The third-order valence-corrected chi connectivity index (χ3v) is 4.97. The molecule has 0 amide bonds. The zero-order chi connectivity index (χ0) is 19.6. The van der Waals surface area contributed by atoms with Gasteiger partial charge in [0.15, 0.2) is 0 Å². The minimum Gasteiger partial charge on any atom is -0.295 e. The number of benzene rings is 2. The molecule has 0 bridgehead atoms. The number of rotatable bonds is 4. The lowest BCUT2D eigenvalue weighted by Gasteiger charge is -2.06. The van der Waals surface area contributed by atoms with Crippen LogP contribution >= 0.6 is 23.4 Å². The van der Waals surface area contributed by atoms with E-state index in [1.54, 1.807) is 30.5 Å². The van der Waals surface area contributed by atoms with Crippen molar-refractivity contribution in [2.45, 2.75) is 25.7 Å². The number of nitriles is 1. The van der Waals surface area contributed by atoms with Crippen LogP contribution in [0.2, 0.25) is 5.02 Å². The quantitative estimate of drug-likeness (QED) is 0.380. The molecular weight excluding hydrogens is 380 g/mol. The van der Waals surface area contributed by atoms with Gasteiger partial charge in [-0.05, 0) is 80.1 Å². The van der Waals surface area contributed by atoms with Crippen LogP contribution in [0.25, 0.3) is 5.69 Å². The average Bonchev–Trinajstić information content (AvgIpc) is 2.90. The summed E-state index contributed by atoms with van der Waals surface area (Å²) in [6, 6.07) is 10.9. The maximum atomic E-state index is 12.8. The van der Waals surface area contributed by atoms with Gasteiger partial charge in [-0.2, -0.15) is 5.26 Å². The molecule has 1 heterocycles. The summed E-state index contributed by atoms with van der Waals surface area (Å²) < 4.78 is 1.47. The van der Waals surface area contributed by atoms with Gasteiger partial charge in [0.2, 0.25) is 0 Å². The lowest BCUT2D eigenvalue weighted by atomic mass is 10.1. The lowest BCUT2D eigenvalue weighted by Crippen LogP contribution is -2.17. The van der Waals surface area contributed by atoms with Gasteiger partial charge in [-0.1, -0.05) is 11.6 Å². The number of aryl methyl sites for hydroxylation is 3. The molecular formula is C20H17ClN4OS. The predicted octanol–water partition coefficient (Wildman–Crippen LogP) is 5.07. The first-order valence-electron chi connectivity index (χ1n) is 8.19. The van der Waals surface area contributed by atoms with Crippen molar-refractivity contribution in [2.24, 2.45) is 4.99 Å². The highest BCUT2D eigenvalue weighted by Crippen LogP contribution is 2.29. The van der Waals surface area contributed by atoms with E-state index in [0.717, 1.165) is 39.2 Å². The first kappa shape index (κ1) is 19.0. The minimum atomic E-state index is -0.175. The zero-order valence-electron chi connectivity index (χ0n) is 15.1. The van der Waals surface area contributed by atoms with Gasteiger partial charge in [0.25, 0.3) is 5.56 Å². The zero-order valence-corrected chi connectivity index (χ0v) is 16.6. The van der Waals surface area contributed by atoms with Gasteiger partial charge in [0, 0.05) is 21.8 Å². The van der Waals surface area contributed by atoms with E-state index >= 15 is 0 Å². The summed E-state index contributed by atoms with van der Waals surface area (Å²) in [5.74, 6) is 0. The third kappa shape index (κ3) is 4.00. The van der Waals surface area contributed by atoms with E-state index in [-0.39, 0.29) is 5.56 Å². The fraction of sp³-hybridized carbons (Fsp3) is 0.150. The molecule has 0 saturated heterocycles. The summed E-state index contributed by atoms with van der Waals surface area (Å²) >= 11 is 7.03. The Morgan fingerprint density at radius 3 is 2.41 bits per heavy atom. The number of aliphatic imine (C=N–C) groups is 1. The molecule has 136 valence electrons. The van der Waals surface area contributed by atoms with Crippen LogP contribution in [0.5, 0.6) is 0 Å². The van der Waals surface area contributed by atoms with Gasteiger partial charge in [0.1, 0.15) is 5.40 Å². The van der Waals surface area contributed by atoms with Gasteiger partial charge in [-0.15, -0.1) is 0 Å². The Kier molecular flexibility index (Phi) is 5.54. The molecule has 3 aromatic rings. The largest absolute Gasteiger partial charge is 0.295 e. The van der Waals surface area contributed by atoms with Crippen molar-refractivity contribution in [1.29, 1.82) is 5.26 Å². The molecule has 0 fully saturated rings. The smallest absolute Gasteiger partial charge is 0.280 e. The minimum absolute atomic E-state index is 0.175. The Bertz CT molecular complexity index is 1100. The van der Waals surface area contributed by atoms with Gasteiger partial charge in [-0.3, -0.25) is 14.9 Å². The number of aromatic amines is 1. The van der Waals surface area contributed by atoms with Crippen LogP contribution in [0.15, 0.2) is 51.1 Å². The number of hydrogen-bond acceptors (Lipinski definition) is 4. The molecule has 7 heteroatoms. The Morgan fingerprint density at radius 2 is 1.81 bits per heavy atom. The summed E-state index contributed by atoms with van der Waals surface area (Å²) in [7, 11) is 0. The first-order chi connectivity index (χ1) is 12.9. The first-order valence-corrected chi connectivity index (χ1v) is 9.39. The van der Waals surface area contributed by atoms with Crippen LogP contribution in [0.4, 0.5) is 5.69 Å². The Morgan fingerprint density at radius 1 is 1.19 bits per heavy atom. The maximum Gasteiger partial charge on any atom is 0.280 e. The molecule has 3 rings (SSSR count). The van der Waals surface area contributed by atoms with E-state index < -0.39 is 0 Å². The highest BCUT2D eigenvalue weighted by molar-refractivity contribution is 8.03. The summed E-state index contributed by atoms with van der Waals surface area (Å²) in [6.07, 6.45) is 1.59. The predicted molar refractivity (Wildman–Crippen MR) is 111 cm³/mol. The van der Waals surface area contributed by atoms with E-state index in [4.69, 9.17) is 16.9 Å². The van der Waals surface area contributed by atoms with Crippen LogP contribution in [0.3, 0.4) is 0 Å². The molecule has 0 saturated carbocycles. The number of H-pyrrole nitrogens is 1. The molecule has 0 spiro atoms. The molecule has 27 heavy (non-hydrogen) atoms.